The first-order valence-electron chi connectivity index (χ1n) is 8.71. The number of benzene rings is 2. The van der Waals surface area contributed by atoms with Crippen molar-refractivity contribution in [3.8, 4) is 22.9 Å². The molecule has 0 atom stereocenters. The molecular formula is C20H15BrClN3O3S2. The van der Waals surface area contributed by atoms with Crippen molar-refractivity contribution in [3.05, 3.63) is 67.6 Å². The molecule has 2 aromatic heterocycles. The fourth-order valence-electron chi connectivity index (χ4n) is 3.21. The van der Waals surface area contributed by atoms with Crippen molar-refractivity contribution >= 4 is 61.4 Å². The van der Waals surface area contributed by atoms with E-state index in [1.165, 1.54) is 15.9 Å². The van der Waals surface area contributed by atoms with Crippen LogP contribution in [0, 0.1) is 3.95 Å². The Kier molecular flexibility index (Phi) is 5.97. The van der Waals surface area contributed by atoms with Gasteiger partial charge >= 0.3 is 0 Å². The standard InChI is InChI=1S/C20H15BrClN3O3S2/c1-27-13-7-4-8-14(28-2)16(13)25-15(10-21)23-18-17(19(25)26)30-20(29)24(18)12-6-3-5-11(22)9-12/h3-9H,10H2,1-2H3. The predicted molar refractivity (Wildman–Crippen MR) is 126 cm³/mol. The quantitative estimate of drug-likeness (QED) is 0.254. The molecule has 4 aromatic rings. The maximum Gasteiger partial charge on any atom is 0.278 e. The van der Waals surface area contributed by atoms with Gasteiger partial charge in [-0.3, -0.25) is 13.9 Å². The van der Waals surface area contributed by atoms with Crippen molar-refractivity contribution in [1.29, 1.82) is 0 Å². The third-order valence-corrected chi connectivity index (χ3v) is 6.58. The van der Waals surface area contributed by atoms with E-state index in [-0.39, 0.29) is 5.56 Å². The molecule has 0 aliphatic rings. The summed E-state index contributed by atoms with van der Waals surface area (Å²) in [5.41, 5.74) is 1.47. The van der Waals surface area contributed by atoms with Gasteiger partial charge in [-0.1, -0.05) is 51.0 Å². The molecule has 2 heterocycles. The van der Waals surface area contributed by atoms with Crippen LogP contribution < -0.4 is 15.0 Å². The monoisotopic (exact) mass is 523 g/mol. The summed E-state index contributed by atoms with van der Waals surface area (Å²) in [5, 5.41) is 0.902. The maximum absolute atomic E-state index is 13.6. The smallest absolute Gasteiger partial charge is 0.278 e. The van der Waals surface area contributed by atoms with E-state index < -0.39 is 0 Å². The van der Waals surface area contributed by atoms with Crippen LogP contribution in [-0.4, -0.2) is 28.3 Å². The lowest BCUT2D eigenvalue weighted by molar-refractivity contribution is 0.390. The number of para-hydroxylation sites is 1. The number of fused-ring (bicyclic) bond motifs is 1. The Morgan fingerprint density at radius 1 is 1.13 bits per heavy atom. The van der Waals surface area contributed by atoms with Crippen LogP contribution in [-0.2, 0) is 5.33 Å². The Bertz CT molecular complexity index is 1360. The molecule has 0 aliphatic carbocycles. The SMILES string of the molecule is COc1cccc(OC)c1-n1c(CBr)nc2c(sc(=S)n2-c2cccc(Cl)c2)c1=O. The van der Waals surface area contributed by atoms with Gasteiger partial charge in [-0.25, -0.2) is 4.98 Å². The van der Waals surface area contributed by atoms with Crippen LogP contribution in [0.2, 0.25) is 5.02 Å². The normalized spacial score (nSPS) is 11.1. The first kappa shape index (κ1) is 21.0. The second-order valence-electron chi connectivity index (χ2n) is 6.15. The highest BCUT2D eigenvalue weighted by Gasteiger charge is 2.22. The predicted octanol–water partition coefficient (Wildman–Crippen LogP) is 5.53. The Morgan fingerprint density at radius 3 is 2.40 bits per heavy atom. The van der Waals surface area contributed by atoms with Crippen LogP contribution >= 0.6 is 51.1 Å². The number of thiazole rings is 1. The summed E-state index contributed by atoms with van der Waals surface area (Å²) < 4.78 is 15.2. The molecule has 0 unspecified atom stereocenters. The first-order chi connectivity index (χ1) is 14.5. The summed E-state index contributed by atoms with van der Waals surface area (Å²) in [6, 6.07) is 12.6. The van der Waals surface area contributed by atoms with Gasteiger partial charge in [0, 0.05) is 5.02 Å². The summed E-state index contributed by atoms with van der Waals surface area (Å²) in [4.78, 5) is 18.4. The first-order valence-corrected chi connectivity index (χ1v) is 11.4. The van der Waals surface area contributed by atoms with Gasteiger partial charge in [-0.15, -0.1) is 0 Å². The third-order valence-electron chi connectivity index (χ3n) is 4.49. The lowest BCUT2D eigenvalue weighted by atomic mass is 10.2. The second kappa shape index (κ2) is 8.50. The van der Waals surface area contributed by atoms with Gasteiger partial charge in [0.2, 0.25) is 0 Å². The van der Waals surface area contributed by atoms with Crippen LogP contribution in [0.15, 0.2) is 47.3 Å². The van der Waals surface area contributed by atoms with Crippen molar-refractivity contribution in [3.63, 3.8) is 0 Å². The molecule has 0 amide bonds. The van der Waals surface area contributed by atoms with E-state index in [0.717, 1.165) is 5.69 Å². The average molecular weight is 525 g/mol. The Hall–Kier alpha value is -2.20. The summed E-state index contributed by atoms with van der Waals surface area (Å²) in [5.74, 6) is 1.48. The molecule has 0 saturated carbocycles. The summed E-state index contributed by atoms with van der Waals surface area (Å²) in [7, 11) is 3.09. The molecule has 0 aliphatic heterocycles. The molecule has 154 valence electrons. The van der Waals surface area contributed by atoms with Crippen molar-refractivity contribution in [2.24, 2.45) is 0 Å². The topological polar surface area (TPSA) is 58.3 Å². The van der Waals surface area contributed by atoms with Gasteiger partial charge in [0.15, 0.2) is 9.60 Å². The fourth-order valence-corrected chi connectivity index (χ4v) is 5.08. The lowest BCUT2D eigenvalue weighted by Crippen LogP contribution is -2.24. The number of ether oxygens (including phenoxy) is 2. The highest BCUT2D eigenvalue weighted by Crippen LogP contribution is 2.34. The zero-order chi connectivity index (χ0) is 21.4. The number of rotatable bonds is 5. The molecule has 10 heteroatoms. The van der Waals surface area contributed by atoms with Crippen LogP contribution in [0.25, 0.3) is 21.7 Å². The summed E-state index contributed by atoms with van der Waals surface area (Å²) in [6.45, 7) is 0. The largest absolute Gasteiger partial charge is 0.494 e. The zero-order valence-electron chi connectivity index (χ0n) is 15.9. The van der Waals surface area contributed by atoms with Gasteiger partial charge in [0.05, 0.1) is 25.2 Å². The van der Waals surface area contributed by atoms with E-state index in [1.54, 1.807) is 49.1 Å². The number of methoxy groups -OCH3 is 2. The summed E-state index contributed by atoms with van der Waals surface area (Å²) >= 11 is 16.4. The van der Waals surface area contributed by atoms with Crippen molar-refractivity contribution in [2.75, 3.05) is 14.2 Å². The van der Waals surface area contributed by atoms with E-state index in [1.807, 2.05) is 12.1 Å². The number of nitrogens with zero attached hydrogens (tertiary/aromatic N) is 3. The summed E-state index contributed by atoms with van der Waals surface area (Å²) in [6.07, 6.45) is 0. The number of hydrogen-bond donors (Lipinski definition) is 0. The van der Waals surface area contributed by atoms with E-state index in [4.69, 9.17) is 38.3 Å². The van der Waals surface area contributed by atoms with E-state index in [9.17, 15) is 4.79 Å². The zero-order valence-corrected chi connectivity index (χ0v) is 19.9. The van der Waals surface area contributed by atoms with Crippen LogP contribution in [0.3, 0.4) is 0 Å². The van der Waals surface area contributed by atoms with Crippen molar-refractivity contribution < 1.29 is 9.47 Å². The van der Waals surface area contributed by atoms with Crippen molar-refractivity contribution in [2.45, 2.75) is 5.33 Å². The maximum atomic E-state index is 13.6. The molecule has 2 aromatic carbocycles. The molecule has 0 bridgehead atoms. The van der Waals surface area contributed by atoms with Crippen LogP contribution in [0.1, 0.15) is 5.82 Å². The highest BCUT2D eigenvalue weighted by atomic mass is 79.9. The number of halogens is 2. The Labute approximate surface area is 194 Å². The molecule has 4 rings (SSSR count). The Morgan fingerprint density at radius 2 is 1.80 bits per heavy atom. The molecule has 0 spiro atoms. The van der Waals surface area contributed by atoms with Crippen LogP contribution in [0.5, 0.6) is 11.5 Å². The molecule has 0 saturated heterocycles. The van der Waals surface area contributed by atoms with Gasteiger partial charge in [0.25, 0.3) is 5.56 Å². The minimum absolute atomic E-state index is 0.255. The number of aromatic nitrogens is 3. The fraction of sp³-hybridized carbons (Fsp3) is 0.150. The average Bonchev–Trinajstić information content (AvgIpc) is 3.09. The van der Waals surface area contributed by atoms with E-state index in [2.05, 4.69) is 15.9 Å². The van der Waals surface area contributed by atoms with E-state index >= 15 is 0 Å². The van der Waals surface area contributed by atoms with Crippen molar-refractivity contribution in [1.82, 2.24) is 14.1 Å². The van der Waals surface area contributed by atoms with Gasteiger partial charge in [-0.2, -0.15) is 0 Å². The van der Waals surface area contributed by atoms with Gasteiger partial charge in [-0.05, 0) is 42.5 Å². The van der Waals surface area contributed by atoms with Crippen LogP contribution in [0.4, 0.5) is 0 Å². The van der Waals surface area contributed by atoms with Gasteiger partial charge < -0.3 is 9.47 Å². The third kappa shape index (κ3) is 3.45. The lowest BCUT2D eigenvalue weighted by Gasteiger charge is -2.17. The minimum Gasteiger partial charge on any atom is -0.494 e. The number of hydrogen-bond acceptors (Lipinski definition) is 6. The number of alkyl halides is 1. The highest BCUT2D eigenvalue weighted by molar-refractivity contribution is 9.08. The van der Waals surface area contributed by atoms with E-state index in [0.29, 0.717) is 47.7 Å². The van der Waals surface area contributed by atoms with Gasteiger partial charge in [0.1, 0.15) is 27.7 Å². The minimum atomic E-state index is -0.255. The molecular weight excluding hydrogens is 510 g/mol. The Balaban J connectivity index is 2.11. The molecule has 30 heavy (non-hydrogen) atoms. The molecule has 6 nitrogen and oxygen atoms in total. The second-order valence-corrected chi connectivity index (χ2v) is 8.79. The molecule has 0 N–H and O–H groups in total. The molecule has 0 radical (unpaired) electrons. The molecule has 0 fully saturated rings.